The van der Waals surface area contributed by atoms with Crippen molar-refractivity contribution in [3.8, 4) is 11.5 Å². The van der Waals surface area contributed by atoms with E-state index in [1.165, 1.54) is 23.2 Å². The first-order valence-electron chi connectivity index (χ1n) is 13.3. The molecule has 3 aromatic rings. The molecule has 0 unspecified atom stereocenters. The third-order valence-electron chi connectivity index (χ3n) is 7.08. The van der Waals surface area contributed by atoms with Crippen molar-refractivity contribution in [2.45, 2.75) is 39.2 Å². The number of allylic oxidation sites excluding steroid dienone is 1. The van der Waals surface area contributed by atoms with Gasteiger partial charge in [0.15, 0.2) is 0 Å². The van der Waals surface area contributed by atoms with Gasteiger partial charge in [-0.3, -0.25) is 14.9 Å². The minimum Gasteiger partial charge on any atom is -0.494 e. The summed E-state index contributed by atoms with van der Waals surface area (Å²) in [6.07, 6.45) is 4.85. The molecule has 1 amide bonds. The van der Waals surface area contributed by atoms with E-state index < -0.39 is 4.92 Å². The van der Waals surface area contributed by atoms with Crippen LogP contribution in [0.15, 0.2) is 83.5 Å². The van der Waals surface area contributed by atoms with E-state index in [1.807, 2.05) is 62.4 Å². The number of amides is 1. The van der Waals surface area contributed by atoms with E-state index in [0.29, 0.717) is 13.2 Å². The molecule has 1 heterocycles. The SMILES string of the molecule is CCOc1ccc(/C=C2/CCC[C@@H]3C2=NN(C(=O)c2cccc([N+](=O)[O-])c2)[C@H]3c2ccc(OCC)cc2)cc1. The van der Waals surface area contributed by atoms with Gasteiger partial charge >= 0.3 is 0 Å². The van der Waals surface area contributed by atoms with Gasteiger partial charge in [-0.2, -0.15) is 5.10 Å². The summed E-state index contributed by atoms with van der Waals surface area (Å²) in [5, 5.41) is 17.8. The van der Waals surface area contributed by atoms with Gasteiger partial charge in [0, 0.05) is 23.6 Å². The lowest BCUT2D eigenvalue weighted by molar-refractivity contribution is -0.384. The summed E-state index contributed by atoms with van der Waals surface area (Å²) in [6, 6.07) is 21.2. The number of carbonyl (C=O) groups is 1. The monoisotopic (exact) mass is 525 g/mol. The summed E-state index contributed by atoms with van der Waals surface area (Å²) in [4.78, 5) is 24.7. The van der Waals surface area contributed by atoms with Crippen molar-refractivity contribution in [1.29, 1.82) is 0 Å². The molecular formula is C31H31N3O5. The fourth-order valence-corrected chi connectivity index (χ4v) is 5.34. The van der Waals surface area contributed by atoms with E-state index in [4.69, 9.17) is 14.6 Å². The van der Waals surface area contributed by atoms with Gasteiger partial charge in [-0.05, 0) is 86.2 Å². The second-order valence-corrected chi connectivity index (χ2v) is 9.56. The number of nitro groups is 1. The average molecular weight is 526 g/mol. The zero-order valence-electron chi connectivity index (χ0n) is 22.1. The molecule has 8 nitrogen and oxygen atoms in total. The highest BCUT2D eigenvalue weighted by atomic mass is 16.6. The molecule has 2 aliphatic rings. The summed E-state index contributed by atoms with van der Waals surface area (Å²) >= 11 is 0. The number of benzene rings is 3. The topological polar surface area (TPSA) is 94.3 Å². The van der Waals surface area contributed by atoms with Gasteiger partial charge in [-0.1, -0.05) is 30.3 Å². The number of carbonyl (C=O) groups excluding carboxylic acids is 1. The van der Waals surface area contributed by atoms with Crippen molar-refractivity contribution < 1.29 is 19.2 Å². The minimum absolute atomic E-state index is 0.00768. The van der Waals surface area contributed by atoms with Gasteiger partial charge in [0.05, 0.1) is 29.9 Å². The molecule has 2 atom stereocenters. The van der Waals surface area contributed by atoms with Gasteiger partial charge < -0.3 is 9.47 Å². The largest absolute Gasteiger partial charge is 0.494 e. The van der Waals surface area contributed by atoms with Crippen LogP contribution in [0.3, 0.4) is 0 Å². The van der Waals surface area contributed by atoms with Gasteiger partial charge in [-0.25, -0.2) is 5.01 Å². The Labute approximate surface area is 227 Å². The Morgan fingerprint density at radius 1 is 1.03 bits per heavy atom. The number of hydrazone groups is 1. The maximum absolute atomic E-state index is 13.8. The van der Waals surface area contributed by atoms with Crippen molar-refractivity contribution in [2.75, 3.05) is 13.2 Å². The van der Waals surface area contributed by atoms with E-state index in [9.17, 15) is 14.9 Å². The molecule has 1 aliphatic heterocycles. The summed E-state index contributed by atoms with van der Waals surface area (Å²) in [5.41, 5.74) is 4.09. The third-order valence-corrected chi connectivity index (χ3v) is 7.08. The number of rotatable bonds is 8. The molecule has 1 aliphatic carbocycles. The van der Waals surface area contributed by atoms with Crippen molar-refractivity contribution in [2.24, 2.45) is 11.0 Å². The Hall–Kier alpha value is -4.46. The highest BCUT2D eigenvalue weighted by Gasteiger charge is 2.44. The Bertz CT molecular complexity index is 1410. The van der Waals surface area contributed by atoms with Crippen LogP contribution in [-0.2, 0) is 0 Å². The molecule has 1 fully saturated rings. The van der Waals surface area contributed by atoms with Crippen molar-refractivity contribution in [3.05, 3.63) is 105 Å². The van der Waals surface area contributed by atoms with E-state index in [2.05, 4.69) is 6.08 Å². The summed E-state index contributed by atoms with van der Waals surface area (Å²) in [6.45, 7) is 5.07. The average Bonchev–Trinajstić information content (AvgIpc) is 3.35. The fraction of sp³-hybridized carbons (Fsp3) is 0.290. The maximum Gasteiger partial charge on any atom is 0.274 e. The number of nitro benzene ring substituents is 1. The number of non-ortho nitro benzene ring substituents is 1. The van der Waals surface area contributed by atoms with E-state index in [0.717, 1.165) is 53.2 Å². The molecule has 1 saturated carbocycles. The highest BCUT2D eigenvalue weighted by Crippen LogP contribution is 2.45. The number of fused-ring (bicyclic) bond motifs is 1. The number of ether oxygens (including phenoxy) is 2. The van der Waals surface area contributed by atoms with Crippen molar-refractivity contribution in [3.63, 3.8) is 0 Å². The first-order chi connectivity index (χ1) is 19.0. The number of hydrogen-bond donors (Lipinski definition) is 0. The standard InChI is InChI=1S/C31H31N3O5/c1-3-38-26-15-11-21(12-16-26)19-23-7-6-10-28-29(23)32-33(30(28)22-13-17-27(18-14-22)39-4-2)31(35)24-8-5-9-25(20-24)34(36)37/h5,8-9,11-20,28,30H,3-4,6-7,10H2,1-2H3/b23-19-/t28-,30+/m1/s1. The smallest absolute Gasteiger partial charge is 0.274 e. The zero-order chi connectivity index (χ0) is 27.4. The molecular weight excluding hydrogens is 494 g/mol. The van der Waals surface area contributed by atoms with Crippen LogP contribution in [0.4, 0.5) is 5.69 Å². The van der Waals surface area contributed by atoms with Gasteiger partial charge in [0.2, 0.25) is 0 Å². The molecule has 0 N–H and O–H groups in total. The number of hydrogen-bond acceptors (Lipinski definition) is 6. The summed E-state index contributed by atoms with van der Waals surface area (Å²) in [5.74, 6) is 1.23. The van der Waals surface area contributed by atoms with Crippen molar-refractivity contribution in [1.82, 2.24) is 5.01 Å². The molecule has 0 spiro atoms. The lowest BCUT2D eigenvalue weighted by Crippen LogP contribution is -2.32. The fourth-order valence-electron chi connectivity index (χ4n) is 5.34. The van der Waals surface area contributed by atoms with Crippen molar-refractivity contribution >= 4 is 23.4 Å². The first-order valence-corrected chi connectivity index (χ1v) is 13.3. The summed E-state index contributed by atoms with van der Waals surface area (Å²) in [7, 11) is 0. The van der Waals surface area contributed by atoms with Crippen LogP contribution in [0.1, 0.15) is 60.6 Å². The Morgan fingerprint density at radius 2 is 1.69 bits per heavy atom. The van der Waals surface area contributed by atoms with Gasteiger partial charge in [0.25, 0.3) is 11.6 Å². The van der Waals surface area contributed by atoms with E-state index in [1.54, 1.807) is 6.07 Å². The van der Waals surface area contributed by atoms with Crippen LogP contribution in [-0.4, -0.2) is 34.8 Å². The van der Waals surface area contributed by atoms with Gasteiger partial charge in [0.1, 0.15) is 11.5 Å². The van der Waals surface area contributed by atoms with Crippen LogP contribution in [0.25, 0.3) is 6.08 Å². The van der Waals surface area contributed by atoms with E-state index in [-0.39, 0.29) is 29.1 Å². The predicted molar refractivity (Wildman–Crippen MR) is 150 cm³/mol. The Morgan fingerprint density at radius 3 is 2.33 bits per heavy atom. The second kappa shape index (κ2) is 11.5. The molecule has 8 heteroatoms. The molecule has 0 bridgehead atoms. The number of nitrogens with zero attached hydrogens (tertiary/aromatic N) is 3. The quantitative estimate of drug-likeness (QED) is 0.237. The molecule has 200 valence electrons. The summed E-state index contributed by atoms with van der Waals surface area (Å²) < 4.78 is 11.2. The van der Waals surface area contributed by atoms with Gasteiger partial charge in [-0.15, -0.1) is 0 Å². The molecule has 5 rings (SSSR count). The lowest BCUT2D eigenvalue weighted by atomic mass is 9.77. The van der Waals surface area contributed by atoms with Crippen LogP contribution < -0.4 is 9.47 Å². The Kier molecular flexibility index (Phi) is 7.72. The zero-order valence-corrected chi connectivity index (χ0v) is 22.1. The van der Waals surface area contributed by atoms with Crippen LogP contribution in [0, 0.1) is 16.0 Å². The lowest BCUT2D eigenvalue weighted by Gasteiger charge is -2.29. The van der Waals surface area contributed by atoms with Crippen LogP contribution in [0.5, 0.6) is 11.5 Å². The molecule has 0 radical (unpaired) electrons. The van der Waals surface area contributed by atoms with Crippen LogP contribution in [0.2, 0.25) is 0 Å². The minimum atomic E-state index is -0.492. The first kappa shape index (κ1) is 26.2. The molecule has 3 aromatic carbocycles. The Balaban J connectivity index is 1.53. The maximum atomic E-state index is 13.8. The van der Waals surface area contributed by atoms with E-state index >= 15 is 0 Å². The highest BCUT2D eigenvalue weighted by molar-refractivity contribution is 6.09. The molecule has 0 saturated heterocycles. The molecule has 0 aromatic heterocycles. The predicted octanol–water partition coefficient (Wildman–Crippen LogP) is 6.83. The van der Waals surface area contributed by atoms with Crippen LogP contribution >= 0.6 is 0 Å². The molecule has 39 heavy (non-hydrogen) atoms. The normalized spacial score (nSPS) is 19.4. The third kappa shape index (κ3) is 5.55. The second-order valence-electron chi connectivity index (χ2n) is 9.56.